The normalized spacial score (nSPS) is 12.1. The lowest BCUT2D eigenvalue weighted by Crippen LogP contribution is -2.13. The maximum atomic E-state index is 13.0. The first kappa shape index (κ1) is 26.0. The molecule has 0 saturated heterocycles. The van der Waals surface area contributed by atoms with E-state index in [1.54, 1.807) is 0 Å². The van der Waals surface area contributed by atoms with Gasteiger partial charge in [-0.3, -0.25) is 9.44 Å². The average Bonchev–Trinajstić information content (AvgIpc) is 2.87. The van der Waals surface area contributed by atoms with Gasteiger partial charge in [0.25, 0.3) is 20.0 Å². The standard InChI is InChI=1S/C24H20N2O8S3/c27-19-5-1-17(2-6-19)25-36(31,32)23-13-9-21(10-14-23)35(29,30)22-11-15-24(16-12-22)37(33,34)26-18-3-7-20(28)8-4-18/h1-16,25-28H. The molecule has 4 aromatic carbocycles. The monoisotopic (exact) mass is 560 g/mol. The molecule has 37 heavy (non-hydrogen) atoms. The highest BCUT2D eigenvalue weighted by molar-refractivity contribution is 7.93. The molecule has 0 saturated carbocycles. The van der Waals surface area contributed by atoms with Gasteiger partial charge in [-0.05, 0) is 97.1 Å². The van der Waals surface area contributed by atoms with E-state index in [1.165, 1.54) is 48.5 Å². The molecule has 0 fully saturated rings. The molecule has 0 aliphatic heterocycles. The molecule has 4 rings (SSSR count). The molecule has 13 heteroatoms. The molecule has 0 heterocycles. The molecule has 192 valence electrons. The van der Waals surface area contributed by atoms with Crippen molar-refractivity contribution in [3.63, 3.8) is 0 Å². The molecule has 0 aliphatic carbocycles. The summed E-state index contributed by atoms with van der Waals surface area (Å²) in [4.78, 5) is -0.731. The molecule has 0 unspecified atom stereocenters. The summed E-state index contributed by atoms with van der Waals surface area (Å²) >= 11 is 0. The summed E-state index contributed by atoms with van der Waals surface area (Å²) in [6.45, 7) is 0. The minimum atomic E-state index is -4.08. The van der Waals surface area contributed by atoms with Crippen LogP contribution in [0.15, 0.2) is 117 Å². The number of sulfonamides is 2. The van der Waals surface area contributed by atoms with Crippen molar-refractivity contribution in [1.29, 1.82) is 0 Å². The second-order valence-electron chi connectivity index (χ2n) is 7.75. The molecule has 4 N–H and O–H groups in total. The quantitative estimate of drug-likeness (QED) is 0.237. The summed E-state index contributed by atoms with van der Waals surface area (Å²) in [7, 11) is -12.1. The number of nitrogens with one attached hydrogen (secondary N) is 2. The van der Waals surface area contributed by atoms with E-state index in [4.69, 9.17) is 0 Å². The van der Waals surface area contributed by atoms with Gasteiger partial charge in [0.05, 0.1) is 19.6 Å². The van der Waals surface area contributed by atoms with Gasteiger partial charge in [0.1, 0.15) is 11.5 Å². The van der Waals surface area contributed by atoms with Crippen LogP contribution >= 0.6 is 0 Å². The molecular formula is C24H20N2O8S3. The van der Waals surface area contributed by atoms with E-state index in [0.717, 1.165) is 48.5 Å². The van der Waals surface area contributed by atoms with Crippen molar-refractivity contribution < 1.29 is 35.5 Å². The molecule has 4 aromatic rings. The Bertz CT molecular complexity index is 1610. The van der Waals surface area contributed by atoms with Gasteiger partial charge in [-0.2, -0.15) is 0 Å². The molecule has 0 amide bonds. The highest BCUT2D eigenvalue weighted by atomic mass is 32.2. The summed E-state index contributed by atoms with van der Waals surface area (Å²) in [5.41, 5.74) is 0.425. The predicted octanol–water partition coefficient (Wildman–Crippen LogP) is 3.53. The second-order valence-corrected chi connectivity index (χ2v) is 13.1. The van der Waals surface area contributed by atoms with E-state index in [9.17, 15) is 35.5 Å². The third kappa shape index (κ3) is 5.85. The number of hydrogen-bond acceptors (Lipinski definition) is 8. The summed E-state index contributed by atoms with van der Waals surface area (Å²) in [5, 5.41) is 18.6. The maximum absolute atomic E-state index is 13.0. The fourth-order valence-electron chi connectivity index (χ4n) is 3.22. The lowest BCUT2D eigenvalue weighted by Gasteiger charge is -2.11. The molecule has 0 aliphatic rings. The van der Waals surface area contributed by atoms with Gasteiger partial charge in [0, 0.05) is 11.4 Å². The van der Waals surface area contributed by atoms with E-state index in [2.05, 4.69) is 9.44 Å². The molecule has 0 bridgehead atoms. The zero-order chi connectivity index (χ0) is 26.8. The number of rotatable bonds is 8. The van der Waals surface area contributed by atoms with Crippen LogP contribution in [-0.2, 0) is 29.9 Å². The Balaban J connectivity index is 1.53. The fourth-order valence-corrected chi connectivity index (χ4v) is 6.60. The molecule has 0 atom stereocenters. The van der Waals surface area contributed by atoms with Crippen molar-refractivity contribution >= 4 is 41.3 Å². The van der Waals surface area contributed by atoms with E-state index < -0.39 is 29.9 Å². The first-order valence-electron chi connectivity index (χ1n) is 10.5. The summed E-state index contributed by atoms with van der Waals surface area (Å²) < 4.78 is 81.1. The predicted molar refractivity (Wildman–Crippen MR) is 136 cm³/mol. The van der Waals surface area contributed by atoms with Crippen LogP contribution in [0.1, 0.15) is 0 Å². The van der Waals surface area contributed by atoms with Crippen molar-refractivity contribution in [3.05, 3.63) is 97.1 Å². The Morgan fingerprint density at radius 2 is 0.676 bits per heavy atom. The van der Waals surface area contributed by atoms with Crippen LogP contribution < -0.4 is 9.44 Å². The highest BCUT2D eigenvalue weighted by Gasteiger charge is 2.22. The van der Waals surface area contributed by atoms with E-state index in [0.29, 0.717) is 0 Å². The number of aromatic hydroxyl groups is 2. The maximum Gasteiger partial charge on any atom is 0.261 e. The van der Waals surface area contributed by atoms with Gasteiger partial charge >= 0.3 is 0 Å². The average molecular weight is 561 g/mol. The highest BCUT2D eigenvalue weighted by Crippen LogP contribution is 2.26. The minimum absolute atomic E-state index is 0.0308. The molecule has 0 aromatic heterocycles. The van der Waals surface area contributed by atoms with Crippen LogP contribution in [0.25, 0.3) is 0 Å². The third-order valence-corrected chi connectivity index (χ3v) is 9.71. The van der Waals surface area contributed by atoms with Crippen molar-refractivity contribution in [2.24, 2.45) is 0 Å². The van der Waals surface area contributed by atoms with Crippen LogP contribution in [0.2, 0.25) is 0 Å². The lowest BCUT2D eigenvalue weighted by molar-refractivity contribution is 0.475. The van der Waals surface area contributed by atoms with Crippen molar-refractivity contribution in [3.8, 4) is 11.5 Å². The van der Waals surface area contributed by atoms with Gasteiger partial charge < -0.3 is 10.2 Å². The fraction of sp³-hybridized carbons (Fsp3) is 0. The van der Waals surface area contributed by atoms with Gasteiger partial charge in [-0.15, -0.1) is 0 Å². The van der Waals surface area contributed by atoms with Crippen LogP contribution in [-0.4, -0.2) is 35.5 Å². The number of anilines is 2. The number of hydrogen-bond donors (Lipinski definition) is 4. The van der Waals surface area contributed by atoms with Crippen molar-refractivity contribution in [2.75, 3.05) is 9.44 Å². The molecule has 0 spiro atoms. The van der Waals surface area contributed by atoms with Gasteiger partial charge in [0.15, 0.2) is 0 Å². The van der Waals surface area contributed by atoms with Gasteiger partial charge in [0.2, 0.25) is 9.84 Å². The first-order chi connectivity index (χ1) is 17.4. The van der Waals surface area contributed by atoms with Crippen molar-refractivity contribution in [2.45, 2.75) is 19.6 Å². The molecule has 10 nitrogen and oxygen atoms in total. The zero-order valence-electron chi connectivity index (χ0n) is 18.8. The summed E-state index contributed by atoms with van der Waals surface area (Å²) in [6, 6.07) is 19.8. The summed E-state index contributed by atoms with van der Waals surface area (Å²) in [5.74, 6) is -0.0616. The molecular weight excluding hydrogens is 540 g/mol. The van der Waals surface area contributed by atoms with Crippen LogP contribution in [0.3, 0.4) is 0 Å². The third-order valence-electron chi connectivity index (χ3n) is 5.13. The van der Waals surface area contributed by atoms with E-state index in [-0.39, 0.29) is 42.5 Å². The Morgan fingerprint density at radius 1 is 0.405 bits per heavy atom. The van der Waals surface area contributed by atoms with Crippen molar-refractivity contribution in [1.82, 2.24) is 0 Å². The number of sulfone groups is 1. The van der Waals surface area contributed by atoms with Crippen LogP contribution in [0.5, 0.6) is 11.5 Å². The Kier molecular flexibility index (Phi) is 6.86. The minimum Gasteiger partial charge on any atom is -0.508 e. The second kappa shape index (κ2) is 9.76. The largest absolute Gasteiger partial charge is 0.508 e. The SMILES string of the molecule is O=S(=O)(Nc1ccc(O)cc1)c1ccc(S(=O)(=O)c2ccc(S(=O)(=O)Nc3ccc(O)cc3)cc2)cc1. The topological polar surface area (TPSA) is 167 Å². The Hall–Kier alpha value is -4.07. The van der Waals surface area contributed by atoms with Crippen LogP contribution in [0, 0.1) is 0 Å². The van der Waals surface area contributed by atoms with Crippen LogP contribution in [0.4, 0.5) is 11.4 Å². The Morgan fingerprint density at radius 3 is 0.973 bits per heavy atom. The van der Waals surface area contributed by atoms with Gasteiger partial charge in [-0.25, -0.2) is 25.3 Å². The smallest absolute Gasteiger partial charge is 0.261 e. The summed E-state index contributed by atoms with van der Waals surface area (Å²) in [6.07, 6.45) is 0. The van der Waals surface area contributed by atoms with E-state index in [1.807, 2.05) is 0 Å². The first-order valence-corrected chi connectivity index (χ1v) is 14.9. The Labute approximate surface area is 213 Å². The molecule has 0 radical (unpaired) electrons. The number of benzene rings is 4. The van der Waals surface area contributed by atoms with Gasteiger partial charge in [-0.1, -0.05) is 0 Å². The lowest BCUT2D eigenvalue weighted by atomic mass is 10.3. The zero-order valence-corrected chi connectivity index (χ0v) is 21.3. The number of phenolic OH excluding ortho intramolecular Hbond substituents is 2. The number of phenols is 2. The van der Waals surface area contributed by atoms with E-state index >= 15 is 0 Å².